The molecule has 0 saturated heterocycles. The molecule has 1 N–H and O–H groups in total. The van der Waals surface area contributed by atoms with Crippen LogP contribution in [-0.4, -0.2) is 31.7 Å². The highest BCUT2D eigenvalue weighted by molar-refractivity contribution is 7.92. The zero-order valence-corrected chi connectivity index (χ0v) is 24.9. The summed E-state index contributed by atoms with van der Waals surface area (Å²) < 4.78 is 69.7. The van der Waals surface area contributed by atoms with E-state index in [-0.39, 0.29) is 10.6 Å². The second-order valence-corrected chi connectivity index (χ2v) is 12.0. The maximum atomic E-state index is 13.5. The number of hydrogen-bond acceptors (Lipinski definition) is 4. The molecule has 0 spiro atoms. The van der Waals surface area contributed by atoms with Gasteiger partial charge in [-0.2, -0.15) is 18.3 Å². The Morgan fingerprint density at radius 2 is 1.67 bits per heavy atom. The van der Waals surface area contributed by atoms with Gasteiger partial charge in [0, 0.05) is 17.0 Å². The van der Waals surface area contributed by atoms with E-state index in [2.05, 4.69) is 10.5 Å². The number of amides is 1. The van der Waals surface area contributed by atoms with Gasteiger partial charge in [0.05, 0.1) is 38.1 Å². The van der Waals surface area contributed by atoms with Gasteiger partial charge in [-0.1, -0.05) is 53.0 Å². The summed E-state index contributed by atoms with van der Waals surface area (Å²) in [6.07, 6.45) is -3.35. The Balaban J connectivity index is 1.61. The number of benzene rings is 3. The predicted octanol–water partition coefficient (Wildman–Crippen LogP) is 7.07. The van der Waals surface area contributed by atoms with Crippen molar-refractivity contribution in [3.05, 3.63) is 111 Å². The molecule has 220 valence electrons. The largest absolute Gasteiger partial charge is 0.416 e. The summed E-state index contributed by atoms with van der Waals surface area (Å²) in [5, 5.41) is 4.71. The summed E-state index contributed by atoms with van der Waals surface area (Å²) in [5.74, 6) is -0.869. The average Bonchev–Trinajstić information content (AvgIpc) is 3.21. The summed E-state index contributed by atoms with van der Waals surface area (Å²) >= 11 is 12.6. The lowest BCUT2D eigenvalue weighted by Gasteiger charge is -2.24. The van der Waals surface area contributed by atoms with Gasteiger partial charge in [-0.3, -0.25) is 9.10 Å². The molecule has 0 radical (unpaired) electrons. The number of hydrazone groups is 1. The van der Waals surface area contributed by atoms with Crippen LogP contribution in [0.5, 0.6) is 0 Å². The number of aryl methyl sites for hydroxylation is 2. The Bertz CT molecular complexity index is 1770. The molecule has 0 saturated carbocycles. The highest BCUT2D eigenvalue weighted by atomic mass is 35.5. The number of hydrogen-bond donors (Lipinski definition) is 1. The Kier molecular flexibility index (Phi) is 9.05. The van der Waals surface area contributed by atoms with Crippen LogP contribution in [0.25, 0.3) is 5.69 Å². The summed E-state index contributed by atoms with van der Waals surface area (Å²) in [6, 6.07) is 16.5. The third-order valence-corrected chi connectivity index (χ3v) is 8.99. The third kappa shape index (κ3) is 6.64. The molecular weight excluding hydrogens is 612 g/mol. The molecule has 0 aliphatic carbocycles. The number of nitrogens with one attached hydrogen (secondary N) is 1. The Morgan fingerprint density at radius 1 is 1.00 bits per heavy atom. The fraction of sp³-hybridized carbons (Fsp3) is 0.172. The van der Waals surface area contributed by atoms with E-state index in [1.165, 1.54) is 24.4 Å². The molecule has 0 bridgehead atoms. The summed E-state index contributed by atoms with van der Waals surface area (Å²) in [6.45, 7) is 4.60. The van der Waals surface area contributed by atoms with Gasteiger partial charge in [0.2, 0.25) is 0 Å². The summed E-state index contributed by atoms with van der Waals surface area (Å²) in [7, 11) is -4.43. The van der Waals surface area contributed by atoms with Gasteiger partial charge in [-0.25, -0.2) is 13.8 Å². The lowest BCUT2D eigenvalue weighted by molar-refractivity contribution is -0.137. The quantitative estimate of drug-likeness (QED) is 0.166. The first-order valence-corrected chi connectivity index (χ1v) is 14.6. The van der Waals surface area contributed by atoms with Gasteiger partial charge < -0.3 is 4.57 Å². The minimum absolute atomic E-state index is 0.186. The van der Waals surface area contributed by atoms with Crippen LogP contribution < -0.4 is 9.73 Å². The number of sulfonamides is 1. The van der Waals surface area contributed by atoms with Gasteiger partial charge >= 0.3 is 6.18 Å². The molecule has 42 heavy (non-hydrogen) atoms. The number of rotatable bonds is 8. The Hall–Kier alpha value is -3.80. The van der Waals surface area contributed by atoms with E-state index in [1.54, 1.807) is 43.3 Å². The lowest BCUT2D eigenvalue weighted by Crippen LogP contribution is -2.39. The number of anilines is 1. The van der Waals surface area contributed by atoms with Crippen molar-refractivity contribution in [1.82, 2.24) is 9.99 Å². The SMILES string of the molecule is Cc1ccc(S(=O)(=O)N(CC(=O)N/N=C\c2cc(C)n(-c3cccc(Cl)c3Cl)c2C)c2cccc(C(F)(F)F)c2)cc1. The third-order valence-electron chi connectivity index (χ3n) is 6.39. The van der Waals surface area contributed by atoms with Gasteiger partial charge in [-0.15, -0.1) is 0 Å². The number of nitrogens with zero attached hydrogens (tertiary/aromatic N) is 3. The number of aromatic nitrogens is 1. The molecule has 13 heteroatoms. The first kappa shape index (κ1) is 31.1. The second-order valence-electron chi connectivity index (χ2n) is 9.40. The molecular formula is C29H25Cl2F3N4O3S. The number of halogens is 5. The minimum Gasteiger partial charge on any atom is -0.316 e. The zero-order chi connectivity index (χ0) is 30.8. The molecule has 0 unspecified atom stereocenters. The van der Waals surface area contributed by atoms with Crippen LogP contribution in [0.1, 0.15) is 28.1 Å². The van der Waals surface area contributed by atoms with Crippen molar-refractivity contribution in [2.45, 2.75) is 31.8 Å². The van der Waals surface area contributed by atoms with Crippen LogP contribution in [0.4, 0.5) is 18.9 Å². The highest BCUT2D eigenvalue weighted by Crippen LogP contribution is 2.34. The van der Waals surface area contributed by atoms with E-state index < -0.39 is 34.2 Å². The molecule has 7 nitrogen and oxygen atoms in total. The van der Waals surface area contributed by atoms with Crippen LogP contribution in [-0.2, 0) is 21.0 Å². The first-order valence-electron chi connectivity index (χ1n) is 12.4. The number of alkyl halides is 3. The Labute approximate surface area is 251 Å². The van der Waals surface area contributed by atoms with E-state index in [9.17, 15) is 26.4 Å². The lowest BCUT2D eigenvalue weighted by atomic mass is 10.2. The van der Waals surface area contributed by atoms with E-state index in [0.717, 1.165) is 29.1 Å². The van der Waals surface area contributed by atoms with E-state index >= 15 is 0 Å². The summed E-state index contributed by atoms with van der Waals surface area (Å²) in [5.41, 5.74) is 4.50. The zero-order valence-electron chi connectivity index (χ0n) is 22.6. The molecule has 0 fully saturated rings. The van der Waals surface area contributed by atoms with Crippen LogP contribution in [0.3, 0.4) is 0 Å². The van der Waals surface area contributed by atoms with E-state index in [4.69, 9.17) is 23.2 Å². The highest BCUT2D eigenvalue weighted by Gasteiger charge is 2.33. The molecule has 1 amide bonds. The Morgan fingerprint density at radius 3 is 2.33 bits per heavy atom. The number of carbonyl (C=O) groups is 1. The monoisotopic (exact) mass is 636 g/mol. The molecule has 0 aliphatic heterocycles. The second kappa shape index (κ2) is 12.2. The van der Waals surface area contributed by atoms with Gasteiger partial charge in [-0.05, 0) is 69.3 Å². The van der Waals surface area contributed by atoms with Gasteiger partial charge in [0.1, 0.15) is 6.54 Å². The van der Waals surface area contributed by atoms with Crippen LogP contribution in [0.2, 0.25) is 10.0 Å². The topological polar surface area (TPSA) is 83.8 Å². The predicted molar refractivity (Wildman–Crippen MR) is 158 cm³/mol. The van der Waals surface area contributed by atoms with Crippen molar-refractivity contribution in [2.24, 2.45) is 5.10 Å². The smallest absolute Gasteiger partial charge is 0.316 e. The molecule has 3 aromatic carbocycles. The van der Waals surface area contributed by atoms with Crippen molar-refractivity contribution in [1.29, 1.82) is 0 Å². The molecule has 0 atom stereocenters. The molecule has 1 heterocycles. The summed E-state index contributed by atoms with van der Waals surface area (Å²) in [4.78, 5) is 12.7. The fourth-order valence-electron chi connectivity index (χ4n) is 4.28. The van der Waals surface area contributed by atoms with Crippen LogP contribution in [0, 0.1) is 20.8 Å². The maximum Gasteiger partial charge on any atom is 0.416 e. The molecule has 1 aromatic heterocycles. The van der Waals surface area contributed by atoms with Crippen molar-refractivity contribution >= 4 is 51.0 Å². The van der Waals surface area contributed by atoms with Crippen molar-refractivity contribution in [3.63, 3.8) is 0 Å². The van der Waals surface area contributed by atoms with Crippen molar-refractivity contribution in [2.75, 3.05) is 10.8 Å². The maximum absolute atomic E-state index is 13.5. The number of carbonyl (C=O) groups excluding carboxylic acids is 1. The van der Waals surface area contributed by atoms with Crippen molar-refractivity contribution in [3.8, 4) is 5.69 Å². The molecule has 4 rings (SSSR count). The van der Waals surface area contributed by atoms with Crippen LogP contribution in [0.15, 0.2) is 82.8 Å². The van der Waals surface area contributed by atoms with Crippen LogP contribution >= 0.6 is 23.2 Å². The van der Waals surface area contributed by atoms with E-state index in [1.807, 2.05) is 18.4 Å². The van der Waals surface area contributed by atoms with E-state index in [0.29, 0.717) is 31.7 Å². The van der Waals surface area contributed by atoms with Gasteiger partial charge in [0.15, 0.2) is 0 Å². The standard InChI is InChI=1S/C29H25Cl2F3N4O3S/c1-18-10-12-24(13-11-18)42(40,41)37(23-7-4-6-22(15-23)29(32,33)34)17-27(39)36-35-16-21-14-19(2)38(20(21)3)26-9-5-8-25(30)28(26)31/h4-16H,17H2,1-3H3,(H,36,39)/b35-16-. The average molecular weight is 638 g/mol. The fourth-order valence-corrected chi connectivity index (χ4v) is 6.08. The molecule has 4 aromatic rings. The minimum atomic E-state index is -4.72. The van der Waals surface area contributed by atoms with Crippen molar-refractivity contribution < 1.29 is 26.4 Å². The first-order chi connectivity index (χ1) is 19.7. The normalized spacial score (nSPS) is 12.1. The molecule has 0 aliphatic rings. The van der Waals surface area contributed by atoms with Gasteiger partial charge in [0.25, 0.3) is 15.9 Å².